The number of hydrogen-bond acceptors (Lipinski definition) is 6. The molecule has 0 amide bonds. The molecule has 234 valence electrons. The maximum absolute atomic E-state index is 13.7. The lowest BCUT2D eigenvalue weighted by Crippen LogP contribution is -2.14. The lowest BCUT2D eigenvalue weighted by Gasteiger charge is -2.18. The lowest BCUT2D eigenvalue weighted by molar-refractivity contribution is -0.107. The van der Waals surface area contributed by atoms with Crippen LogP contribution >= 0.6 is 0 Å². The highest BCUT2D eigenvalue weighted by Crippen LogP contribution is 2.28. The van der Waals surface area contributed by atoms with Crippen molar-refractivity contribution in [2.75, 3.05) is 45.9 Å². The van der Waals surface area contributed by atoms with Crippen LogP contribution in [-0.4, -0.2) is 53.4 Å². The Morgan fingerprint density at radius 2 is 1.81 bits per heavy atom. The van der Waals surface area contributed by atoms with Crippen LogP contribution in [0.3, 0.4) is 0 Å². The van der Waals surface area contributed by atoms with Gasteiger partial charge in [-0.05, 0) is 79.6 Å². The van der Waals surface area contributed by atoms with Crippen LogP contribution in [0.2, 0.25) is 0 Å². The largest absolute Gasteiger partial charge is 0.379 e. The zero-order chi connectivity index (χ0) is 31.8. The van der Waals surface area contributed by atoms with Gasteiger partial charge in [-0.3, -0.25) is 0 Å². The fourth-order valence-electron chi connectivity index (χ4n) is 3.69. The molecular weight excluding hydrogens is 529 g/mol. The molecule has 0 spiro atoms. The molecule has 2 atom stereocenters. The van der Waals surface area contributed by atoms with Crippen LogP contribution < -0.4 is 10.2 Å². The number of nitrogens with zero attached hydrogens (tertiary/aromatic N) is 2. The van der Waals surface area contributed by atoms with E-state index in [0.717, 1.165) is 60.6 Å². The maximum atomic E-state index is 13.7. The molecule has 2 rings (SSSR count). The molecule has 0 saturated carbocycles. The number of ether oxygens (including phenoxy) is 2. The van der Waals surface area contributed by atoms with Gasteiger partial charge in [0.25, 0.3) is 0 Å². The van der Waals surface area contributed by atoms with Gasteiger partial charge in [-0.2, -0.15) is 5.26 Å². The van der Waals surface area contributed by atoms with E-state index >= 15 is 0 Å². The third kappa shape index (κ3) is 17.6. The van der Waals surface area contributed by atoms with Crippen LogP contribution in [-0.2, 0) is 20.7 Å². The number of methoxy groups -OCH3 is 1. The number of halogens is 1. The molecule has 0 saturated heterocycles. The average molecular weight is 584 g/mol. The van der Waals surface area contributed by atoms with E-state index in [1.165, 1.54) is 19.3 Å². The molecule has 7 heteroatoms. The monoisotopic (exact) mass is 583 g/mol. The van der Waals surface area contributed by atoms with Gasteiger partial charge in [0.05, 0.1) is 18.8 Å². The van der Waals surface area contributed by atoms with Gasteiger partial charge < -0.3 is 24.5 Å². The topological polar surface area (TPSA) is 74.6 Å². The molecule has 2 aromatic carbocycles. The van der Waals surface area contributed by atoms with E-state index in [0.29, 0.717) is 18.5 Å². The number of hydrogen-bond donors (Lipinski definition) is 1. The Balaban J connectivity index is 0.000000660. The summed E-state index contributed by atoms with van der Waals surface area (Å²) in [5.41, 5.74) is 4.38. The molecule has 0 bridgehead atoms. The normalized spacial score (nSPS) is 11.8. The molecular formula is C35H54FN3O3. The molecule has 0 fully saturated rings. The van der Waals surface area contributed by atoms with Crippen LogP contribution in [0.1, 0.15) is 70.9 Å². The average Bonchev–Trinajstić information content (AvgIpc) is 2.99. The molecule has 42 heavy (non-hydrogen) atoms. The molecule has 6 nitrogen and oxygen atoms in total. The Labute approximate surface area is 254 Å². The summed E-state index contributed by atoms with van der Waals surface area (Å²) in [7, 11) is 5.58. The maximum Gasteiger partial charge on any atom is 0.126 e. The van der Waals surface area contributed by atoms with E-state index in [4.69, 9.17) is 14.7 Å². The third-order valence-corrected chi connectivity index (χ3v) is 6.69. The molecule has 0 aliphatic carbocycles. The number of allylic oxidation sites excluding steroid dienone is 1. The van der Waals surface area contributed by atoms with Crippen molar-refractivity contribution in [3.8, 4) is 17.2 Å². The van der Waals surface area contributed by atoms with Crippen molar-refractivity contribution < 1.29 is 18.7 Å². The molecule has 0 aromatic heterocycles. The highest BCUT2D eigenvalue weighted by Gasteiger charge is 2.08. The number of nitrogens with one attached hydrogen (secondary N) is 1. The Bertz CT molecular complexity index is 1050. The molecule has 1 N–H and O–H groups in total. The molecule has 2 unspecified atom stereocenters. The number of anilines is 1. The summed E-state index contributed by atoms with van der Waals surface area (Å²) in [5.74, 6) is 0.634. The standard InChI is InChI=1S/C17H18FNO.C11H24O2.C7H12N2/c1-12-4-5-14(10-16(12)18)15-7-6-13(8-9-20)17(11-15)19(2)3;1-5-10(2)7-6-8-13-9-11(3)12-4;1-2-3-4-6-9-7-5-8/h4-7,9-11H,8H2,1-3H3;10-11H,5-9H2,1-4H3;4,6,9H,2-3,7H2,1H3/b;;6-4+. The first-order valence-electron chi connectivity index (χ1n) is 15.0. The van der Waals surface area contributed by atoms with Gasteiger partial charge in [-0.15, -0.1) is 0 Å². The lowest BCUT2D eigenvalue weighted by atomic mass is 9.99. The van der Waals surface area contributed by atoms with E-state index in [9.17, 15) is 9.18 Å². The van der Waals surface area contributed by atoms with Crippen molar-refractivity contribution in [1.29, 1.82) is 5.26 Å². The van der Waals surface area contributed by atoms with Gasteiger partial charge in [0.2, 0.25) is 0 Å². The predicted molar refractivity (Wildman–Crippen MR) is 174 cm³/mol. The van der Waals surface area contributed by atoms with Crippen molar-refractivity contribution in [3.05, 3.63) is 65.6 Å². The van der Waals surface area contributed by atoms with Crippen molar-refractivity contribution in [1.82, 2.24) is 5.32 Å². The van der Waals surface area contributed by atoms with Gasteiger partial charge in [0, 0.05) is 39.9 Å². The van der Waals surface area contributed by atoms with E-state index < -0.39 is 0 Å². The van der Waals surface area contributed by atoms with Gasteiger partial charge in [-0.25, -0.2) is 4.39 Å². The number of aryl methyl sites for hydroxylation is 1. The highest BCUT2D eigenvalue weighted by molar-refractivity contribution is 5.73. The second kappa shape index (κ2) is 24.4. The Kier molecular flexibility index (Phi) is 22.5. The SMILES string of the molecule is CCC(C)CCCOCC(C)OC.CCC/C=C/NCC#N.Cc1ccc(-c2ccc(CC=O)c(N(C)C)c2)cc1F. The smallest absolute Gasteiger partial charge is 0.126 e. The van der Waals surface area contributed by atoms with Crippen LogP contribution in [0.5, 0.6) is 0 Å². The summed E-state index contributed by atoms with van der Waals surface area (Å²) in [6.07, 6.45) is 11.3. The van der Waals surface area contributed by atoms with Crippen LogP contribution in [0.4, 0.5) is 10.1 Å². The number of aldehydes is 1. The third-order valence-electron chi connectivity index (χ3n) is 6.69. The summed E-state index contributed by atoms with van der Waals surface area (Å²) in [4.78, 5) is 12.7. The van der Waals surface area contributed by atoms with Gasteiger partial charge in [-0.1, -0.05) is 64.0 Å². The second-order valence-corrected chi connectivity index (χ2v) is 10.6. The molecule has 0 aliphatic rings. The summed E-state index contributed by atoms with van der Waals surface area (Å²) in [6.45, 7) is 12.4. The first-order valence-corrected chi connectivity index (χ1v) is 15.0. The Morgan fingerprint density at radius 1 is 1.12 bits per heavy atom. The van der Waals surface area contributed by atoms with E-state index in [-0.39, 0.29) is 11.9 Å². The number of carbonyl (C=O) groups is 1. The second-order valence-electron chi connectivity index (χ2n) is 10.6. The highest BCUT2D eigenvalue weighted by atomic mass is 19.1. The van der Waals surface area contributed by atoms with Crippen molar-refractivity contribution in [3.63, 3.8) is 0 Å². The van der Waals surface area contributed by atoms with Gasteiger partial charge in [0.15, 0.2) is 0 Å². The van der Waals surface area contributed by atoms with Crippen LogP contribution in [0, 0.1) is 30.0 Å². The van der Waals surface area contributed by atoms with Gasteiger partial charge in [0.1, 0.15) is 18.6 Å². The van der Waals surface area contributed by atoms with E-state index in [2.05, 4.69) is 26.1 Å². The quantitative estimate of drug-likeness (QED) is 0.123. The summed E-state index contributed by atoms with van der Waals surface area (Å²) >= 11 is 0. The molecule has 0 radical (unpaired) electrons. The zero-order valence-electron chi connectivity index (χ0n) is 27.2. The van der Waals surface area contributed by atoms with Crippen LogP contribution in [0.15, 0.2) is 48.7 Å². The number of rotatable bonds is 16. The molecule has 0 heterocycles. The van der Waals surface area contributed by atoms with Crippen molar-refractivity contribution in [2.45, 2.75) is 79.2 Å². The van der Waals surface area contributed by atoms with E-state index in [1.54, 1.807) is 26.2 Å². The van der Waals surface area contributed by atoms with E-state index in [1.807, 2.05) is 68.5 Å². The summed E-state index contributed by atoms with van der Waals surface area (Å²) < 4.78 is 24.2. The molecule has 0 aliphatic heterocycles. The Hall–Kier alpha value is -3.21. The zero-order valence-corrected chi connectivity index (χ0v) is 27.2. The minimum atomic E-state index is -0.203. The number of nitriles is 1. The number of carbonyl (C=O) groups excluding carboxylic acids is 1. The number of unbranched alkanes of at least 4 members (excludes halogenated alkanes) is 1. The van der Waals surface area contributed by atoms with Gasteiger partial charge >= 0.3 is 0 Å². The number of benzene rings is 2. The van der Waals surface area contributed by atoms with Crippen molar-refractivity contribution in [2.24, 2.45) is 5.92 Å². The first-order chi connectivity index (χ1) is 20.1. The van der Waals surface area contributed by atoms with Crippen LogP contribution in [0.25, 0.3) is 11.1 Å². The molecule has 2 aromatic rings. The predicted octanol–water partition coefficient (Wildman–Crippen LogP) is 7.89. The minimum absolute atomic E-state index is 0.203. The summed E-state index contributed by atoms with van der Waals surface area (Å²) in [5, 5.41) is 10.9. The first kappa shape index (κ1) is 38.8. The fourth-order valence-corrected chi connectivity index (χ4v) is 3.69. The Morgan fingerprint density at radius 3 is 2.38 bits per heavy atom. The minimum Gasteiger partial charge on any atom is -0.379 e. The van der Waals surface area contributed by atoms with Crippen molar-refractivity contribution >= 4 is 12.0 Å². The summed E-state index contributed by atoms with van der Waals surface area (Å²) in [6, 6.07) is 13.1. The fraction of sp³-hybridized carbons (Fsp3) is 0.543.